The van der Waals surface area contributed by atoms with E-state index in [0.717, 1.165) is 6.07 Å². The molecule has 0 bridgehead atoms. The van der Waals surface area contributed by atoms with E-state index >= 15 is 0 Å². The number of carbonyl (C=O) groups excluding carboxylic acids is 2. The molecule has 0 aliphatic carbocycles. The molecule has 1 heterocycles. The van der Waals surface area contributed by atoms with Gasteiger partial charge in [-0.05, 0) is 30.3 Å². The van der Waals surface area contributed by atoms with Crippen LogP contribution in [-0.4, -0.2) is 16.7 Å². The van der Waals surface area contributed by atoms with E-state index in [2.05, 4.69) is 10.9 Å². The molecule has 27 heavy (non-hydrogen) atoms. The van der Waals surface area contributed by atoms with Gasteiger partial charge in [-0.15, -0.1) is 0 Å². The summed E-state index contributed by atoms with van der Waals surface area (Å²) in [6.07, 6.45) is 0. The van der Waals surface area contributed by atoms with Crippen molar-refractivity contribution in [2.75, 3.05) is 0 Å². The molecule has 0 aliphatic heterocycles. The number of hydrogen-bond donors (Lipinski definition) is 2. The first kappa shape index (κ1) is 17.8. The van der Waals surface area contributed by atoms with Gasteiger partial charge in [0.05, 0.1) is 10.5 Å². The first-order chi connectivity index (χ1) is 13.0. The van der Waals surface area contributed by atoms with E-state index in [4.69, 9.17) is 4.42 Å². The van der Waals surface area contributed by atoms with Crippen LogP contribution < -0.4 is 10.9 Å². The number of amides is 2. The number of furan rings is 1. The SMILES string of the molecule is O=C(NNC(=O)c1ccc(-c2ccccc2F)o1)c1cccc([N+](=O)[O-])c1. The third-order valence-electron chi connectivity index (χ3n) is 3.58. The van der Waals surface area contributed by atoms with E-state index in [1.165, 1.54) is 48.5 Å². The molecule has 2 amide bonds. The second kappa shape index (κ2) is 7.48. The smallest absolute Gasteiger partial charge is 0.305 e. The Morgan fingerprint density at radius 3 is 2.44 bits per heavy atom. The minimum Gasteiger partial charge on any atom is -0.451 e. The number of benzene rings is 2. The molecule has 0 unspecified atom stereocenters. The molecule has 3 rings (SSSR count). The number of nitro groups is 1. The van der Waals surface area contributed by atoms with Crippen molar-refractivity contribution >= 4 is 17.5 Å². The van der Waals surface area contributed by atoms with E-state index in [1.807, 2.05) is 0 Å². The van der Waals surface area contributed by atoms with E-state index in [1.54, 1.807) is 6.07 Å². The van der Waals surface area contributed by atoms with Crippen LogP contribution in [0, 0.1) is 15.9 Å². The molecule has 3 aromatic rings. The summed E-state index contributed by atoms with van der Waals surface area (Å²) in [5.41, 5.74) is 4.19. The van der Waals surface area contributed by atoms with Crippen molar-refractivity contribution < 1.29 is 23.3 Å². The van der Waals surface area contributed by atoms with Crippen LogP contribution >= 0.6 is 0 Å². The van der Waals surface area contributed by atoms with Crippen molar-refractivity contribution in [3.05, 3.63) is 87.9 Å². The molecular weight excluding hydrogens is 357 g/mol. The maximum atomic E-state index is 13.8. The minimum absolute atomic E-state index is 0.00371. The number of non-ortho nitro benzene ring substituents is 1. The number of nitro benzene ring substituents is 1. The zero-order valence-corrected chi connectivity index (χ0v) is 13.6. The van der Waals surface area contributed by atoms with Gasteiger partial charge in [0.25, 0.3) is 11.6 Å². The Kier molecular flexibility index (Phi) is 4.93. The van der Waals surface area contributed by atoms with Crippen LogP contribution in [0.25, 0.3) is 11.3 Å². The quantitative estimate of drug-likeness (QED) is 0.542. The van der Waals surface area contributed by atoms with Crippen LogP contribution in [0.15, 0.2) is 65.1 Å². The monoisotopic (exact) mass is 369 g/mol. The van der Waals surface area contributed by atoms with Gasteiger partial charge >= 0.3 is 5.91 Å². The highest BCUT2D eigenvalue weighted by molar-refractivity contribution is 5.98. The minimum atomic E-state index is -0.767. The number of carbonyl (C=O) groups is 2. The highest BCUT2D eigenvalue weighted by Crippen LogP contribution is 2.24. The maximum absolute atomic E-state index is 13.8. The number of hydrazine groups is 1. The predicted molar refractivity (Wildman–Crippen MR) is 92.1 cm³/mol. The largest absolute Gasteiger partial charge is 0.451 e. The molecule has 0 saturated heterocycles. The molecule has 0 saturated carbocycles. The molecule has 1 aromatic heterocycles. The van der Waals surface area contributed by atoms with Gasteiger partial charge < -0.3 is 4.42 Å². The summed E-state index contributed by atoms with van der Waals surface area (Å²) in [4.78, 5) is 34.2. The van der Waals surface area contributed by atoms with Crippen LogP contribution in [-0.2, 0) is 0 Å². The van der Waals surface area contributed by atoms with Gasteiger partial charge in [-0.1, -0.05) is 18.2 Å². The zero-order valence-electron chi connectivity index (χ0n) is 13.6. The Bertz CT molecular complexity index is 1030. The lowest BCUT2D eigenvalue weighted by Crippen LogP contribution is -2.41. The number of rotatable bonds is 4. The van der Waals surface area contributed by atoms with Crippen LogP contribution in [0.1, 0.15) is 20.9 Å². The van der Waals surface area contributed by atoms with Gasteiger partial charge in [0.1, 0.15) is 11.6 Å². The Morgan fingerprint density at radius 2 is 1.70 bits per heavy atom. The first-order valence-electron chi connectivity index (χ1n) is 7.65. The van der Waals surface area contributed by atoms with Gasteiger partial charge in [0.15, 0.2) is 5.76 Å². The van der Waals surface area contributed by atoms with Crippen LogP contribution in [0.2, 0.25) is 0 Å². The highest BCUT2D eigenvalue weighted by atomic mass is 19.1. The van der Waals surface area contributed by atoms with Crippen LogP contribution in [0.3, 0.4) is 0 Å². The summed E-state index contributed by atoms with van der Waals surface area (Å²) in [6.45, 7) is 0. The Morgan fingerprint density at radius 1 is 0.963 bits per heavy atom. The number of hydrogen-bond acceptors (Lipinski definition) is 5. The lowest BCUT2D eigenvalue weighted by Gasteiger charge is -2.06. The summed E-state index contributed by atoms with van der Waals surface area (Å²) in [5, 5.41) is 10.7. The lowest BCUT2D eigenvalue weighted by atomic mass is 10.1. The summed E-state index contributed by atoms with van der Waals surface area (Å²) in [7, 11) is 0. The predicted octanol–water partition coefficient (Wildman–Crippen LogP) is 3.07. The second-order valence-electron chi connectivity index (χ2n) is 5.36. The van der Waals surface area contributed by atoms with Crippen LogP contribution in [0.4, 0.5) is 10.1 Å². The molecule has 0 fully saturated rings. The maximum Gasteiger partial charge on any atom is 0.305 e. The Balaban J connectivity index is 1.66. The first-order valence-corrected chi connectivity index (χ1v) is 7.65. The topological polar surface area (TPSA) is 114 Å². The fourth-order valence-corrected chi connectivity index (χ4v) is 2.27. The average molecular weight is 369 g/mol. The number of halogens is 1. The van der Waals surface area contributed by atoms with E-state index in [0.29, 0.717) is 0 Å². The zero-order chi connectivity index (χ0) is 19.4. The second-order valence-corrected chi connectivity index (χ2v) is 5.36. The summed E-state index contributed by atoms with van der Waals surface area (Å²) < 4.78 is 19.1. The van der Waals surface area contributed by atoms with Gasteiger partial charge in [-0.2, -0.15) is 0 Å². The van der Waals surface area contributed by atoms with Crippen molar-refractivity contribution in [2.24, 2.45) is 0 Å². The van der Waals surface area contributed by atoms with Gasteiger partial charge in [0, 0.05) is 17.7 Å². The molecule has 136 valence electrons. The average Bonchev–Trinajstić information content (AvgIpc) is 3.16. The van der Waals surface area contributed by atoms with Gasteiger partial charge in [-0.25, -0.2) is 4.39 Å². The molecule has 0 radical (unpaired) electrons. The molecule has 2 aromatic carbocycles. The van der Waals surface area contributed by atoms with Crippen molar-refractivity contribution in [1.29, 1.82) is 0 Å². The Labute approximate surface area is 151 Å². The molecule has 9 heteroatoms. The summed E-state index contributed by atoms with van der Waals surface area (Å²) >= 11 is 0. The van der Waals surface area contributed by atoms with Crippen LogP contribution in [0.5, 0.6) is 0 Å². The lowest BCUT2D eigenvalue weighted by molar-refractivity contribution is -0.384. The van der Waals surface area contributed by atoms with Gasteiger partial charge in [-0.3, -0.25) is 30.6 Å². The molecule has 8 nitrogen and oxygen atoms in total. The summed E-state index contributed by atoms with van der Waals surface area (Å²) in [5.74, 6) is -2.00. The fraction of sp³-hybridized carbons (Fsp3) is 0. The molecular formula is C18H12FN3O5. The van der Waals surface area contributed by atoms with Crippen molar-refractivity contribution in [1.82, 2.24) is 10.9 Å². The standard InChI is InChI=1S/C18H12FN3O5/c19-14-7-2-1-6-13(14)15-8-9-16(27-15)18(24)21-20-17(23)11-4-3-5-12(10-11)22(25)26/h1-10H,(H,20,23)(H,21,24). The summed E-state index contributed by atoms with van der Waals surface area (Å²) in [6, 6.07) is 13.7. The van der Waals surface area contributed by atoms with Gasteiger partial charge in [0.2, 0.25) is 0 Å². The molecule has 0 atom stereocenters. The number of nitrogens with one attached hydrogen (secondary N) is 2. The van der Waals surface area contributed by atoms with Crippen molar-refractivity contribution in [3.8, 4) is 11.3 Å². The highest BCUT2D eigenvalue weighted by Gasteiger charge is 2.16. The third kappa shape index (κ3) is 3.98. The van der Waals surface area contributed by atoms with E-state index < -0.39 is 22.6 Å². The molecule has 0 aliphatic rings. The normalized spacial score (nSPS) is 10.3. The van der Waals surface area contributed by atoms with E-state index in [-0.39, 0.29) is 28.3 Å². The van der Waals surface area contributed by atoms with E-state index in [9.17, 15) is 24.1 Å². The van der Waals surface area contributed by atoms with Crippen molar-refractivity contribution in [2.45, 2.75) is 0 Å². The van der Waals surface area contributed by atoms with Crippen molar-refractivity contribution in [3.63, 3.8) is 0 Å². The third-order valence-corrected chi connectivity index (χ3v) is 3.58. The molecule has 2 N–H and O–H groups in total. The fourth-order valence-electron chi connectivity index (χ4n) is 2.27. The number of nitrogens with zero attached hydrogens (tertiary/aromatic N) is 1. The Hall–Kier alpha value is -4.01. The molecule has 0 spiro atoms.